The topological polar surface area (TPSA) is 0 Å². The predicted octanol–water partition coefficient (Wildman–Crippen LogP) is 11.0. The minimum absolute atomic E-state index is 0.400. The van der Waals surface area contributed by atoms with Gasteiger partial charge >= 0.3 is 218 Å². The van der Waals surface area contributed by atoms with Crippen molar-refractivity contribution in [1.29, 1.82) is 0 Å². The van der Waals surface area contributed by atoms with E-state index in [1.807, 2.05) is 0 Å². The van der Waals surface area contributed by atoms with Gasteiger partial charge in [-0.15, -0.1) is 0 Å². The molecule has 0 unspecified atom stereocenters. The fourth-order valence-electron chi connectivity index (χ4n) is 5.44. The van der Waals surface area contributed by atoms with Crippen molar-refractivity contribution in [2.45, 2.75) is 129 Å². The first kappa shape index (κ1) is 31.3. The molecule has 0 amide bonds. The zero-order chi connectivity index (χ0) is 27.8. The molecule has 0 N–H and O–H groups in total. The third-order valence-corrected chi connectivity index (χ3v) is 13.5. The summed E-state index contributed by atoms with van der Waals surface area (Å²) < 4.78 is 6.33. The molecule has 0 aliphatic carbocycles. The third-order valence-electron chi connectivity index (χ3n) is 7.86. The van der Waals surface area contributed by atoms with Gasteiger partial charge in [0, 0.05) is 0 Å². The van der Waals surface area contributed by atoms with E-state index >= 15 is 0 Å². The van der Waals surface area contributed by atoms with E-state index in [4.69, 9.17) is 0 Å². The molecule has 0 nitrogen and oxygen atoms in total. The Morgan fingerprint density at radius 2 is 0.850 bits per heavy atom. The summed E-state index contributed by atoms with van der Waals surface area (Å²) in [6, 6.07) is 14.0. The van der Waals surface area contributed by atoms with Gasteiger partial charge < -0.3 is 0 Å². The van der Waals surface area contributed by atoms with E-state index < -0.39 is 0 Å². The number of rotatable bonds is 16. The Morgan fingerprint density at radius 1 is 0.475 bits per heavy atom. The van der Waals surface area contributed by atoms with Gasteiger partial charge in [-0.25, -0.2) is 0 Å². The quantitative estimate of drug-likeness (QED) is 0.0636. The van der Waals surface area contributed by atoms with Crippen LogP contribution in [0, 0.1) is 23.7 Å². The Kier molecular flexibility index (Phi) is 14.1. The molecule has 0 radical (unpaired) electrons. The molecule has 0 saturated heterocycles. The Hall–Kier alpha value is -1.66. The summed E-state index contributed by atoms with van der Waals surface area (Å²) in [7, 11) is 0. The molecule has 0 atom stereocenters. The second-order valence-corrected chi connectivity index (χ2v) is 15.8. The molecule has 2 heterocycles. The Bertz CT molecular complexity index is 1330. The summed E-state index contributed by atoms with van der Waals surface area (Å²) >= 11 is 0.799. The van der Waals surface area contributed by atoms with Gasteiger partial charge in [-0.3, -0.25) is 0 Å². The molecule has 2 heteroatoms. The van der Waals surface area contributed by atoms with Crippen LogP contribution in [0.5, 0.6) is 0 Å². The molecule has 2 aromatic carbocycles. The molecule has 0 aliphatic heterocycles. The SMILES string of the molecule is CCCCCCCCCCC#Cc1ccc2c(c1)[se]c1c3ccc(C#CCCCCCCCCCC)cc3[se]c21. The first-order valence-electron chi connectivity index (χ1n) is 16.2. The number of hydrogen-bond donors (Lipinski definition) is 0. The van der Waals surface area contributed by atoms with E-state index in [1.165, 1.54) is 133 Å². The summed E-state index contributed by atoms with van der Waals surface area (Å²) in [5, 5.41) is 3.00. The third kappa shape index (κ3) is 9.72. The molecular formula is C38H48Se2. The van der Waals surface area contributed by atoms with Gasteiger partial charge in [0.2, 0.25) is 0 Å². The summed E-state index contributed by atoms with van der Waals surface area (Å²) in [4.78, 5) is 0. The molecule has 0 spiro atoms. The maximum atomic E-state index is 3.46. The van der Waals surface area contributed by atoms with Crippen LogP contribution in [-0.2, 0) is 0 Å². The Balaban J connectivity index is 1.27. The monoisotopic (exact) mass is 664 g/mol. The van der Waals surface area contributed by atoms with E-state index in [9.17, 15) is 0 Å². The fraction of sp³-hybridized carbons (Fsp3) is 0.526. The molecule has 40 heavy (non-hydrogen) atoms. The van der Waals surface area contributed by atoms with Crippen molar-refractivity contribution in [1.82, 2.24) is 0 Å². The summed E-state index contributed by atoms with van der Waals surface area (Å²) in [6.07, 6.45) is 23.9. The molecule has 0 bridgehead atoms. The molecule has 0 saturated carbocycles. The van der Waals surface area contributed by atoms with Gasteiger partial charge in [0.1, 0.15) is 0 Å². The molecule has 0 aliphatic rings. The van der Waals surface area contributed by atoms with Gasteiger partial charge in [-0.05, 0) is 0 Å². The zero-order valence-corrected chi connectivity index (χ0v) is 28.4. The van der Waals surface area contributed by atoms with Crippen LogP contribution in [0.3, 0.4) is 0 Å². The predicted molar refractivity (Wildman–Crippen MR) is 181 cm³/mol. The minimum atomic E-state index is 0.400. The average Bonchev–Trinajstić information content (AvgIpc) is 3.50. The maximum absolute atomic E-state index is 3.46. The van der Waals surface area contributed by atoms with Crippen molar-refractivity contribution in [2.24, 2.45) is 0 Å². The normalized spacial score (nSPS) is 11.2. The van der Waals surface area contributed by atoms with Crippen LogP contribution in [0.2, 0.25) is 0 Å². The van der Waals surface area contributed by atoms with E-state index in [0.717, 1.165) is 12.8 Å². The van der Waals surface area contributed by atoms with E-state index in [2.05, 4.69) is 73.9 Å². The first-order valence-corrected chi connectivity index (χ1v) is 19.6. The fourth-order valence-corrected chi connectivity index (χ4v) is 11.9. The van der Waals surface area contributed by atoms with Crippen LogP contribution in [0.4, 0.5) is 0 Å². The standard InChI is InChI=1S/C38H48Se2/c1-3-5-7-9-11-13-15-17-19-21-23-31-25-27-33-35(29-31)39-38-34-28-26-32(30-36(34)40-37(33)38)24-22-20-18-16-14-12-10-8-6-4-2/h25-30H,3-20H2,1-2H3. The molecule has 0 fully saturated rings. The summed E-state index contributed by atoms with van der Waals surface area (Å²) in [6.45, 7) is 4.57. The summed E-state index contributed by atoms with van der Waals surface area (Å²) in [5.74, 6) is 13.8. The van der Waals surface area contributed by atoms with Crippen molar-refractivity contribution in [3.8, 4) is 23.7 Å². The second-order valence-electron chi connectivity index (χ2n) is 11.3. The molecule has 2 aromatic heterocycles. The number of unbranched alkanes of at least 4 members (excludes halogenated alkanes) is 16. The van der Waals surface area contributed by atoms with Gasteiger partial charge in [-0.1, -0.05) is 39.5 Å². The second kappa shape index (κ2) is 18.0. The molecular weight excluding hydrogens is 614 g/mol. The molecule has 212 valence electrons. The van der Waals surface area contributed by atoms with Crippen LogP contribution in [0.1, 0.15) is 141 Å². The van der Waals surface area contributed by atoms with Crippen LogP contribution < -0.4 is 0 Å². The van der Waals surface area contributed by atoms with Gasteiger partial charge in [0.15, 0.2) is 0 Å². The van der Waals surface area contributed by atoms with E-state index in [-0.39, 0.29) is 0 Å². The summed E-state index contributed by atoms with van der Waals surface area (Å²) in [5.41, 5.74) is 2.41. The Labute approximate surface area is 256 Å². The van der Waals surface area contributed by atoms with Crippen LogP contribution in [0.15, 0.2) is 36.4 Å². The molecule has 4 aromatic rings. The van der Waals surface area contributed by atoms with Gasteiger partial charge in [-0.2, -0.15) is 0 Å². The van der Waals surface area contributed by atoms with Crippen molar-refractivity contribution in [2.75, 3.05) is 0 Å². The zero-order valence-electron chi connectivity index (χ0n) is 25.0. The van der Waals surface area contributed by atoms with Gasteiger partial charge in [0.25, 0.3) is 0 Å². The first-order chi connectivity index (χ1) is 19.8. The number of fused-ring (bicyclic) bond motifs is 5. The van der Waals surface area contributed by atoms with Crippen molar-refractivity contribution < 1.29 is 0 Å². The van der Waals surface area contributed by atoms with Crippen molar-refractivity contribution in [3.05, 3.63) is 47.5 Å². The number of hydrogen-bond acceptors (Lipinski definition) is 0. The van der Waals surface area contributed by atoms with Gasteiger partial charge in [0.05, 0.1) is 0 Å². The van der Waals surface area contributed by atoms with Crippen molar-refractivity contribution >= 4 is 56.8 Å². The van der Waals surface area contributed by atoms with Crippen LogP contribution in [-0.4, -0.2) is 29.0 Å². The van der Waals surface area contributed by atoms with Crippen molar-refractivity contribution in [3.63, 3.8) is 0 Å². The van der Waals surface area contributed by atoms with E-state index in [1.54, 1.807) is 8.52 Å². The van der Waals surface area contributed by atoms with Crippen LogP contribution >= 0.6 is 0 Å². The van der Waals surface area contributed by atoms with Crippen LogP contribution in [0.25, 0.3) is 27.8 Å². The number of benzene rings is 2. The average molecular weight is 663 g/mol. The van der Waals surface area contributed by atoms with E-state index in [0.29, 0.717) is 29.0 Å². The molecule has 4 rings (SSSR count). The Morgan fingerprint density at radius 3 is 1.25 bits per heavy atom.